The highest BCUT2D eigenvalue weighted by Crippen LogP contribution is 2.50. The predicted molar refractivity (Wildman–Crippen MR) is 150 cm³/mol. The molecule has 0 spiro atoms. The van der Waals surface area contributed by atoms with E-state index in [0.717, 1.165) is 32.1 Å². The summed E-state index contributed by atoms with van der Waals surface area (Å²) in [5, 5.41) is 14.8. The first kappa shape index (κ1) is 33.0. The predicted octanol–water partition coefficient (Wildman–Crippen LogP) is 12.0. The quantitative estimate of drug-likeness (QED) is 0.113. The number of unbranched alkanes of at least 4 members (excludes halogenated alkanes) is 16. The maximum absolute atomic E-state index is 14.8. The van der Waals surface area contributed by atoms with Gasteiger partial charge in [0, 0.05) is 5.41 Å². The van der Waals surface area contributed by atoms with E-state index >= 15 is 0 Å². The number of hydrogen-bond acceptors (Lipinski definition) is 0. The molecule has 0 aromatic heterocycles. The van der Waals surface area contributed by atoms with Crippen LogP contribution in [-0.4, -0.2) is 5.60 Å². The summed E-state index contributed by atoms with van der Waals surface area (Å²) in [4.78, 5) is 0. The molecular formula is C32H65O. The highest BCUT2D eigenvalue weighted by molar-refractivity contribution is 4.98. The first-order chi connectivity index (χ1) is 16.1. The second-order valence-electron chi connectivity index (χ2n) is 11.3. The fourth-order valence-corrected chi connectivity index (χ4v) is 6.05. The van der Waals surface area contributed by atoms with Gasteiger partial charge in [-0.15, -0.1) is 0 Å². The van der Waals surface area contributed by atoms with Gasteiger partial charge in [-0.25, -0.2) is 5.11 Å². The van der Waals surface area contributed by atoms with Gasteiger partial charge >= 0.3 is 0 Å². The van der Waals surface area contributed by atoms with Crippen molar-refractivity contribution in [2.45, 2.75) is 201 Å². The molecule has 1 nitrogen and oxygen atoms in total. The zero-order valence-electron chi connectivity index (χ0n) is 24.1. The zero-order chi connectivity index (χ0) is 24.7. The topological polar surface area (TPSA) is 19.9 Å². The third kappa shape index (κ3) is 14.8. The van der Waals surface area contributed by atoms with Crippen LogP contribution >= 0.6 is 0 Å². The minimum Gasteiger partial charge on any atom is -0.229 e. The minimum absolute atomic E-state index is 0.0284. The van der Waals surface area contributed by atoms with Gasteiger partial charge < -0.3 is 0 Å². The van der Waals surface area contributed by atoms with E-state index in [4.69, 9.17) is 0 Å². The van der Waals surface area contributed by atoms with Crippen LogP contribution in [0.25, 0.3) is 0 Å². The van der Waals surface area contributed by atoms with Crippen LogP contribution in [0.1, 0.15) is 195 Å². The molecule has 0 aliphatic carbocycles. The van der Waals surface area contributed by atoms with E-state index in [9.17, 15) is 5.11 Å². The second-order valence-corrected chi connectivity index (χ2v) is 11.3. The van der Waals surface area contributed by atoms with Gasteiger partial charge in [0.2, 0.25) is 0 Å². The molecule has 0 aliphatic heterocycles. The Morgan fingerprint density at radius 3 is 1.03 bits per heavy atom. The summed E-state index contributed by atoms with van der Waals surface area (Å²) in [6.07, 6.45) is 31.3. The number of rotatable bonds is 26. The summed E-state index contributed by atoms with van der Waals surface area (Å²) >= 11 is 0. The molecular weight excluding hydrogens is 400 g/mol. The van der Waals surface area contributed by atoms with Gasteiger partial charge in [0.1, 0.15) is 5.60 Å². The van der Waals surface area contributed by atoms with Crippen LogP contribution in [0.3, 0.4) is 0 Å². The monoisotopic (exact) mass is 466 g/mol. The molecule has 0 aromatic rings. The lowest BCUT2D eigenvalue weighted by Gasteiger charge is -2.47. The lowest BCUT2D eigenvalue weighted by molar-refractivity contribution is -0.157. The Bertz CT molecular complexity index is 374. The van der Waals surface area contributed by atoms with Crippen LogP contribution < -0.4 is 0 Å². The third-order valence-corrected chi connectivity index (χ3v) is 8.53. The Morgan fingerprint density at radius 1 is 0.364 bits per heavy atom. The first-order valence-electron chi connectivity index (χ1n) is 15.8. The zero-order valence-corrected chi connectivity index (χ0v) is 24.1. The smallest absolute Gasteiger partial charge is 0.109 e. The molecule has 0 aromatic carbocycles. The molecule has 0 heterocycles. The molecule has 0 aliphatic rings. The van der Waals surface area contributed by atoms with Gasteiger partial charge in [-0.2, -0.15) is 0 Å². The molecule has 1 atom stereocenters. The largest absolute Gasteiger partial charge is 0.229 e. The maximum Gasteiger partial charge on any atom is 0.109 e. The fourth-order valence-electron chi connectivity index (χ4n) is 6.05. The summed E-state index contributed by atoms with van der Waals surface area (Å²) < 4.78 is 0. The molecule has 0 bridgehead atoms. The normalized spacial score (nSPS) is 14.0. The SMILES string of the molecule is CCCCCCCCC([O])(CCCCCCCC)C(CC)(CCCC)CCCCCCCC. The third-order valence-electron chi connectivity index (χ3n) is 8.53. The standard InChI is InChI=1S/C32H65O/c1-6-11-15-18-21-24-28-31(10-5,27-14-9-4)32(33,29-25-22-19-16-12-7-2)30-26-23-20-17-13-8-3/h6-30H2,1-5H3. The molecule has 0 saturated carbocycles. The summed E-state index contributed by atoms with van der Waals surface area (Å²) in [7, 11) is 0. The molecule has 0 N–H and O–H groups in total. The van der Waals surface area contributed by atoms with Crippen molar-refractivity contribution < 1.29 is 5.11 Å². The van der Waals surface area contributed by atoms with E-state index in [1.54, 1.807) is 0 Å². The molecule has 0 amide bonds. The van der Waals surface area contributed by atoms with Gasteiger partial charge in [-0.3, -0.25) is 0 Å². The summed E-state index contributed by atoms with van der Waals surface area (Å²) in [6.45, 7) is 11.5. The van der Waals surface area contributed by atoms with E-state index in [2.05, 4.69) is 34.6 Å². The van der Waals surface area contributed by atoms with Crippen LogP contribution in [0.4, 0.5) is 0 Å². The molecule has 0 rings (SSSR count). The Labute approximate surface area is 211 Å². The maximum atomic E-state index is 14.8. The summed E-state index contributed by atoms with van der Waals surface area (Å²) in [6, 6.07) is 0. The Balaban J connectivity index is 5.17. The Kier molecular flexibility index (Phi) is 22.4. The van der Waals surface area contributed by atoms with Crippen molar-refractivity contribution in [2.24, 2.45) is 5.41 Å². The summed E-state index contributed by atoms with van der Waals surface area (Å²) in [5.41, 5.74) is -0.670. The van der Waals surface area contributed by atoms with Gasteiger partial charge in [0.15, 0.2) is 0 Å². The van der Waals surface area contributed by atoms with Crippen LogP contribution in [0.15, 0.2) is 0 Å². The van der Waals surface area contributed by atoms with Crippen LogP contribution in [0, 0.1) is 5.41 Å². The summed E-state index contributed by atoms with van der Waals surface area (Å²) in [5.74, 6) is 0. The average molecular weight is 466 g/mol. The van der Waals surface area contributed by atoms with Gasteiger partial charge in [-0.05, 0) is 32.1 Å². The van der Waals surface area contributed by atoms with Gasteiger partial charge in [0.05, 0.1) is 0 Å². The lowest BCUT2D eigenvalue weighted by Crippen LogP contribution is -2.47. The first-order valence-corrected chi connectivity index (χ1v) is 15.8. The van der Waals surface area contributed by atoms with Crippen molar-refractivity contribution in [1.82, 2.24) is 0 Å². The van der Waals surface area contributed by atoms with Crippen LogP contribution in [0.2, 0.25) is 0 Å². The van der Waals surface area contributed by atoms with Crippen molar-refractivity contribution in [3.63, 3.8) is 0 Å². The van der Waals surface area contributed by atoms with E-state index < -0.39 is 5.60 Å². The van der Waals surface area contributed by atoms with E-state index in [-0.39, 0.29) is 5.41 Å². The lowest BCUT2D eigenvalue weighted by atomic mass is 9.60. The van der Waals surface area contributed by atoms with E-state index in [0.29, 0.717) is 0 Å². The molecule has 33 heavy (non-hydrogen) atoms. The van der Waals surface area contributed by atoms with Crippen molar-refractivity contribution in [2.75, 3.05) is 0 Å². The molecule has 1 radical (unpaired) electrons. The Hall–Kier alpha value is -0.0400. The highest BCUT2D eigenvalue weighted by Gasteiger charge is 2.48. The average Bonchev–Trinajstić information content (AvgIpc) is 2.82. The molecule has 1 heteroatoms. The fraction of sp³-hybridized carbons (Fsp3) is 1.00. The van der Waals surface area contributed by atoms with E-state index in [1.165, 1.54) is 128 Å². The Morgan fingerprint density at radius 2 is 0.667 bits per heavy atom. The van der Waals surface area contributed by atoms with Crippen molar-refractivity contribution in [1.29, 1.82) is 0 Å². The van der Waals surface area contributed by atoms with Crippen LogP contribution in [-0.2, 0) is 5.11 Å². The van der Waals surface area contributed by atoms with Crippen molar-refractivity contribution in [3.05, 3.63) is 0 Å². The molecule has 0 fully saturated rings. The van der Waals surface area contributed by atoms with Crippen molar-refractivity contribution in [3.8, 4) is 0 Å². The highest BCUT2D eigenvalue weighted by atomic mass is 16.3. The van der Waals surface area contributed by atoms with E-state index in [1.807, 2.05) is 0 Å². The van der Waals surface area contributed by atoms with Gasteiger partial charge in [0.25, 0.3) is 0 Å². The number of hydrogen-bond donors (Lipinski definition) is 0. The molecule has 0 saturated heterocycles. The van der Waals surface area contributed by atoms with Gasteiger partial charge in [-0.1, -0.05) is 163 Å². The molecule has 199 valence electrons. The van der Waals surface area contributed by atoms with Crippen LogP contribution in [0.5, 0.6) is 0 Å². The second kappa shape index (κ2) is 22.4. The minimum atomic E-state index is -0.699. The van der Waals surface area contributed by atoms with Crippen molar-refractivity contribution >= 4 is 0 Å². The molecule has 1 unspecified atom stereocenters.